The van der Waals surface area contributed by atoms with E-state index in [1.807, 2.05) is 0 Å². The standard InChI is InChI=1S/C14H12N2O2/c1-9(17)11-3-5-15-13(7-11)14-8-12(10(2)18)4-6-16-14/h3-8H,1-2H3. The van der Waals surface area contributed by atoms with Gasteiger partial charge in [-0.15, -0.1) is 0 Å². The molecule has 90 valence electrons. The van der Waals surface area contributed by atoms with Crippen molar-refractivity contribution in [1.29, 1.82) is 0 Å². The van der Waals surface area contributed by atoms with E-state index in [2.05, 4.69) is 9.97 Å². The molecule has 0 aliphatic rings. The van der Waals surface area contributed by atoms with E-state index in [4.69, 9.17) is 0 Å². The van der Waals surface area contributed by atoms with E-state index < -0.39 is 0 Å². The summed E-state index contributed by atoms with van der Waals surface area (Å²) >= 11 is 0. The first-order valence-corrected chi connectivity index (χ1v) is 5.52. The number of hydrogen-bond donors (Lipinski definition) is 0. The van der Waals surface area contributed by atoms with Gasteiger partial charge in [0.1, 0.15) is 0 Å². The van der Waals surface area contributed by atoms with Gasteiger partial charge >= 0.3 is 0 Å². The number of carbonyl (C=O) groups is 2. The Hall–Kier alpha value is -2.36. The van der Waals surface area contributed by atoms with Gasteiger partial charge in [-0.2, -0.15) is 0 Å². The van der Waals surface area contributed by atoms with Crippen molar-refractivity contribution in [2.24, 2.45) is 0 Å². The molecule has 0 aliphatic carbocycles. The lowest BCUT2D eigenvalue weighted by molar-refractivity contribution is 0.100. The first-order valence-electron chi connectivity index (χ1n) is 5.52. The summed E-state index contributed by atoms with van der Waals surface area (Å²) in [6.07, 6.45) is 3.13. The molecule has 18 heavy (non-hydrogen) atoms. The number of ketones is 2. The Kier molecular flexibility index (Phi) is 3.28. The second-order valence-electron chi connectivity index (χ2n) is 3.97. The third-order valence-corrected chi connectivity index (χ3v) is 2.60. The third kappa shape index (κ3) is 2.48. The molecule has 0 atom stereocenters. The maximum atomic E-state index is 11.3. The third-order valence-electron chi connectivity index (χ3n) is 2.60. The summed E-state index contributed by atoms with van der Waals surface area (Å²) < 4.78 is 0. The molecule has 0 amide bonds. The summed E-state index contributed by atoms with van der Waals surface area (Å²) in [6.45, 7) is 3.00. The summed E-state index contributed by atoms with van der Waals surface area (Å²) in [6, 6.07) is 6.66. The monoisotopic (exact) mass is 240 g/mol. The van der Waals surface area contributed by atoms with E-state index >= 15 is 0 Å². The molecule has 0 radical (unpaired) electrons. The molecule has 4 nitrogen and oxygen atoms in total. The minimum Gasteiger partial charge on any atom is -0.295 e. The van der Waals surface area contributed by atoms with Crippen molar-refractivity contribution in [3.05, 3.63) is 47.8 Å². The molecule has 0 aliphatic heterocycles. The van der Waals surface area contributed by atoms with Crippen LogP contribution in [0.15, 0.2) is 36.7 Å². The molecule has 4 heteroatoms. The first kappa shape index (κ1) is 12.1. The Morgan fingerprint density at radius 2 is 1.22 bits per heavy atom. The number of rotatable bonds is 3. The summed E-state index contributed by atoms with van der Waals surface area (Å²) in [7, 11) is 0. The Bertz CT molecular complexity index is 565. The molecule has 0 saturated carbocycles. The van der Waals surface area contributed by atoms with E-state index in [9.17, 15) is 9.59 Å². The zero-order valence-electron chi connectivity index (χ0n) is 10.2. The molecule has 0 N–H and O–H groups in total. The lowest BCUT2D eigenvalue weighted by atomic mass is 10.1. The van der Waals surface area contributed by atoms with Crippen LogP contribution in [0.5, 0.6) is 0 Å². The van der Waals surface area contributed by atoms with E-state index in [0.717, 1.165) is 0 Å². The van der Waals surface area contributed by atoms with Gasteiger partial charge in [-0.05, 0) is 38.1 Å². The molecule has 2 aromatic rings. The second-order valence-corrected chi connectivity index (χ2v) is 3.97. The molecular formula is C14H12N2O2. The van der Waals surface area contributed by atoms with Crippen LogP contribution in [-0.2, 0) is 0 Å². The molecular weight excluding hydrogens is 228 g/mol. The van der Waals surface area contributed by atoms with Crippen LogP contribution in [-0.4, -0.2) is 21.5 Å². The number of nitrogens with zero attached hydrogens (tertiary/aromatic N) is 2. The zero-order chi connectivity index (χ0) is 13.1. The Labute approximate surface area is 105 Å². The van der Waals surface area contributed by atoms with Crippen LogP contribution in [0.4, 0.5) is 0 Å². The van der Waals surface area contributed by atoms with Crippen LogP contribution < -0.4 is 0 Å². The maximum absolute atomic E-state index is 11.3. The maximum Gasteiger partial charge on any atom is 0.159 e. The number of Topliss-reactive ketones (excluding diaryl/α,β-unsaturated/α-hetero) is 2. The van der Waals surface area contributed by atoms with Crippen LogP contribution in [0.1, 0.15) is 34.6 Å². The largest absolute Gasteiger partial charge is 0.295 e. The highest BCUT2D eigenvalue weighted by molar-refractivity contribution is 5.96. The lowest BCUT2D eigenvalue weighted by Crippen LogP contribution is -1.97. The van der Waals surface area contributed by atoms with Crippen LogP contribution in [0.25, 0.3) is 11.4 Å². The molecule has 0 spiro atoms. The highest BCUT2D eigenvalue weighted by Gasteiger charge is 2.07. The fourth-order valence-corrected chi connectivity index (χ4v) is 1.58. The number of aromatic nitrogens is 2. The Morgan fingerprint density at radius 1 is 0.833 bits per heavy atom. The predicted octanol–water partition coefficient (Wildman–Crippen LogP) is 2.55. The van der Waals surface area contributed by atoms with E-state index in [-0.39, 0.29) is 11.6 Å². The molecule has 0 unspecified atom stereocenters. The first-order chi connectivity index (χ1) is 8.58. The van der Waals surface area contributed by atoms with Crippen LogP contribution in [0, 0.1) is 0 Å². The van der Waals surface area contributed by atoms with Gasteiger partial charge in [-0.1, -0.05) is 0 Å². The van der Waals surface area contributed by atoms with Gasteiger partial charge < -0.3 is 0 Å². The Morgan fingerprint density at radius 3 is 1.56 bits per heavy atom. The molecule has 0 fully saturated rings. The minimum atomic E-state index is -0.0265. The summed E-state index contributed by atoms with van der Waals surface area (Å²) in [5, 5.41) is 0. The predicted molar refractivity (Wildman–Crippen MR) is 67.5 cm³/mol. The van der Waals surface area contributed by atoms with Gasteiger partial charge in [0.25, 0.3) is 0 Å². The van der Waals surface area contributed by atoms with Gasteiger partial charge in [0.05, 0.1) is 11.4 Å². The van der Waals surface area contributed by atoms with Crippen LogP contribution >= 0.6 is 0 Å². The van der Waals surface area contributed by atoms with Gasteiger partial charge in [0.2, 0.25) is 0 Å². The number of carbonyl (C=O) groups excluding carboxylic acids is 2. The Balaban J connectivity index is 2.48. The topological polar surface area (TPSA) is 59.9 Å². The van der Waals surface area contributed by atoms with Crippen molar-refractivity contribution in [1.82, 2.24) is 9.97 Å². The molecule has 0 bridgehead atoms. The van der Waals surface area contributed by atoms with Crippen LogP contribution in [0.3, 0.4) is 0 Å². The van der Waals surface area contributed by atoms with Crippen molar-refractivity contribution in [2.75, 3.05) is 0 Å². The summed E-state index contributed by atoms with van der Waals surface area (Å²) in [5.74, 6) is -0.0530. The summed E-state index contributed by atoms with van der Waals surface area (Å²) in [4.78, 5) is 30.9. The highest BCUT2D eigenvalue weighted by atomic mass is 16.1. The fourth-order valence-electron chi connectivity index (χ4n) is 1.58. The van der Waals surface area contributed by atoms with Crippen molar-refractivity contribution in [2.45, 2.75) is 13.8 Å². The number of hydrogen-bond acceptors (Lipinski definition) is 4. The highest BCUT2D eigenvalue weighted by Crippen LogP contribution is 2.17. The van der Waals surface area contributed by atoms with E-state index in [0.29, 0.717) is 22.5 Å². The average Bonchev–Trinajstić information content (AvgIpc) is 2.39. The van der Waals surface area contributed by atoms with Crippen molar-refractivity contribution in [3.63, 3.8) is 0 Å². The summed E-state index contributed by atoms with van der Waals surface area (Å²) in [5.41, 5.74) is 2.33. The fraction of sp³-hybridized carbons (Fsp3) is 0.143. The zero-order valence-corrected chi connectivity index (χ0v) is 10.2. The molecule has 2 heterocycles. The quantitative estimate of drug-likeness (QED) is 0.773. The van der Waals surface area contributed by atoms with Gasteiger partial charge in [0.15, 0.2) is 11.6 Å². The molecule has 0 saturated heterocycles. The average molecular weight is 240 g/mol. The van der Waals surface area contributed by atoms with Crippen molar-refractivity contribution >= 4 is 11.6 Å². The molecule has 2 rings (SSSR count). The van der Waals surface area contributed by atoms with Crippen molar-refractivity contribution in [3.8, 4) is 11.4 Å². The van der Waals surface area contributed by atoms with Crippen LogP contribution in [0.2, 0.25) is 0 Å². The van der Waals surface area contributed by atoms with Gasteiger partial charge in [-0.25, -0.2) is 0 Å². The van der Waals surface area contributed by atoms with Gasteiger partial charge in [0, 0.05) is 23.5 Å². The molecule has 2 aromatic heterocycles. The number of pyridine rings is 2. The SMILES string of the molecule is CC(=O)c1ccnc(-c2cc(C(C)=O)ccn2)c1. The smallest absolute Gasteiger partial charge is 0.159 e. The normalized spacial score (nSPS) is 10.1. The second kappa shape index (κ2) is 4.87. The van der Waals surface area contributed by atoms with E-state index in [1.54, 1.807) is 36.7 Å². The van der Waals surface area contributed by atoms with Gasteiger partial charge in [-0.3, -0.25) is 19.6 Å². The van der Waals surface area contributed by atoms with Crippen molar-refractivity contribution < 1.29 is 9.59 Å². The van der Waals surface area contributed by atoms with E-state index in [1.165, 1.54) is 13.8 Å². The molecule has 0 aromatic carbocycles. The minimum absolute atomic E-state index is 0.0265. The lowest BCUT2D eigenvalue weighted by Gasteiger charge is -2.03.